The van der Waals surface area contributed by atoms with Crippen LogP contribution in [0, 0.1) is 0 Å². The third-order valence-corrected chi connectivity index (χ3v) is 3.18. The molecule has 1 fully saturated rings. The Balaban J connectivity index is 0.00000162. The van der Waals surface area contributed by atoms with E-state index in [-0.39, 0.29) is 18.2 Å². The molecule has 4 nitrogen and oxygen atoms in total. The van der Waals surface area contributed by atoms with Crippen molar-refractivity contribution in [3.8, 4) is 0 Å². The predicted octanol–water partition coefficient (Wildman–Crippen LogP) is -0.470. The molecule has 5 heteroatoms. The number of carboxylic acid groups (broad SMARTS) is 1. The molecular weight excluding hydrogens is 254 g/mol. The van der Waals surface area contributed by atoms with Crippen LogP contribution < -0.4 is 12.4 Å². The molecule has 0 saturated carbocycles. The Hall–Kier alpha value is -1.00. The molecule has 0 spiro atoms. The molecule has 1 N–H and O–H groups in total. The van der Waals surface area contributed by atoms with Crippen molar-refractivity contribution in [1.29, 1.82) is 0 Å². The normalized spacial score (nSPS) is 15.6. The number of aryl methyl sites for hydroxylation is 1. The first-order valence-electron chi connectivity index (χ1n) is 6.28. The minimum absolute atomic E-state index is 0. The number of carboxylic acids is 1. The first-order chi connectivity index (χ1) is 8.20. The van der Waals surface area contributed by atoms with Crippen molar-refractivity contribution in [2.75, 3.05) is 13.1 Å². The summed E-state index contributed by atoms with van der Waals surface area (Å²) in [7, 11) is 0. The molecule has 0 bridgehead atoms. The number of furan rings is 1. The molecule has 1 aromatic heterocycles. The van der Waals surface area contributed by atoms with Gasteiger partial charge in [0, 0.05) is 18.5 Å². The van der Waals surface area contributed by atoms with Gasteiger partial charge in [-0.2, -0.15) is 0 Å². The summed E-state index contributed by atoms with van der Waals surface area (Å²) in [6, 6.07) is 1.69. The highest BCUT2D eigenvalue weighted by Gasteiger charge is 2.19. The second kappa shape index (κ2) is 6.81. The zero-order valence-corrected chi connectivity index (χ0v) is 11.4. The zero-order chi connectivity index (χ0) is 12.3. The van der Waals surface area contributed by atoms with Crippen molar-refractivity contribution in [2.45, 2.75) is 39.2 Å². The molecule has 0 aliphatic carbocycles. The monoisotopic (exact) mass is 272 g/mol. The van der Waals surface area contributed by atoms with E-state index >= 15 is 0 Å². The lowest BCUT2D eigenvalue weighted by Crippen LogP contribution is -3.00. The molecule has 2 heterocycles. The van der Waals surface area contributed by atoms with Crippen molar-refractivity contribution in [2.24, 2.45) is 0 Å². The number of hydrogen-bond donors (Lipinski definition) is 1. The fraction of sp³-hybridized carbons (Fsp3) is 0.615. The second-order valence-corrected chi connectivity index (χ2v) is 4.60. The molecule has 102 valence electrons. The van der Waals surface area contributed by atoms with Gasteiger partial charge in [-0.05, 0) is 38.4 Å². The number of rotatable bonds is 5. The van der Waals surface area contributed by atoms with Gasteiger partial charge in [-0.15, -0.1) is 0 Å². The van der Waals surface area contributed by atoms with Gasteiger partial charge in [0.15, 0.2) is 0 Å². The third kappa shape index (κ3) is 3.50. The lowest BCUT2D eigenvalue weighted by atomic mass is 10.1. The summed E-state index contributed by atoms with van der Waals surface area (Å²) >= 11 is 0. The van der Waals surface area contributed by atoms with Crippen molar-refractivity contribution in [3.05, 3.63) is 23.2 Å². The van der Waals surface area contributed by atoms with E-state index < -0.39 is 5.97 Å². The van der Waals surface area contributed by atoms with Crippen molar-refractivity contribution in [3.63, 3.8) is 0 Å². The Morgan fingerprint density at radius 2 is 2.11 bits per heavy atom. The average molecular weight is 273 g/mol. The number of carbonyl (C=O) groups is 1. The first-order valence-corrected chi connectivity index (χ1v) is 6.28. The Labute approximate surface area is 113 Å². The van der Waals surface area contributed by atoms with E-state index in [4.69, 9.17) is 9.52 Å². The third-order valence-electron chi connectivity index (χ3n) is 3.18. The molecule has 18 heavy (non-hydrogen) atoms. The quantitative estimate of drug-likeness (QED) is 0.788. The second-order valence-electron chi connectivity index (χ2n) is 4.60. The summed E-state index contributed by atoms with van der Waals surface area (Å²) in [5.41, 5.74) is 1.05. The molecule has 2 rings (SSSR count). The van der Waals surface area contributed by atoms with Gasteiger partial charge in [-0.25, -0.2) is 4.79 Å². The van der Waals surface area contributed by atoms with Gasteiger partial charge in [0.1, 0.15) is 5.76 Å². The van der Waals surface area contributed by atoms with Crippen LogP contribution in [0.4, 0.5) is 0 Å². The van der Waals surface area contributed by atoms with Gasteiger partial charge >= 0.3 is 5.97 Å². The fourth-order valence-electron chi connectivity index (χ4n) is 2.33. The van der Waals surface area contributed by atoms with Crippen molar-refractivity contribution < 1.29 is 26.7 Å². The Morgan fingerprint density at radius 1 is 1.44 bits per heavy atom. The van der Waals surface area contributed by atoms with Crippen LogP contribution in [0.5, 0.6) is 0 Å². The molecule has 1 aliphatic rings. The SMILES string of the molecule is CCCc1oc(C(=O)O)cc1CN1CCCC1.[Cl-]. The first kappa shape index (κ1) is 15.1. The van der Waals surface area contributed by atoms with E-state index in [1.54, 1.807) is 6.07 Å². The van der Waals surface area contributed by atoms with Gasteiger partial charge < -0.3 is 21.9 Å². The molecular formula is C13H19ClNO3-. The van der Waals surface area contributed by atoms with Crippen molar-refractivity contribution >= 4 is 5.97 Å². The molecule has 0 aromatic carbocycles. The Bertz CT molecular complexity index is 397. The minimum atomic E-state index is -0.977. The van der Waals surface area contributed by atoms with Gasteiger partial charge in [-0.1, -0.05) is 6.92 Å². The Kier molecular flexibility index (Phi) is 5.69. The number of nitrogens with zero attached hydrogens (tertiary/aromatic N) is 1. The zero-order valence-electron chi connectivity index (χ0n) is 10.6. The van der Waals surface area contributed by atoms with Gasteiger partial charge in [0.25, 0.3) is 0 Å². The number of likely N-dealkylation sites (tertiary alicyclic amines) is 1. The molecule has 1 aliphatic heterocycles. The number of aromatic carboxylic acids is 1. The van der Waals surface area contributed by atoms with Gasteiger partial charge in [0.05, 0.1) is 0 Å². The van der Waals surface area contributed by atoms with Crippen LogP contribution in [0.3, 0.4) is 0 Å². The van der Waals surface area contributed by atoms with E-state index in [2.05, 4.69) is 11.8 Å². The molecule has 0 radical (unpaired) electrons. The topological polar surface area (TPSA) is 53.7 Å². The van der Waals surface area contributed by atoms with E-state index in [1.807, 2.05) is 0 Å². The van der Waals surface area contributed by atoms with Crippen LogP contribution in [-0.2, 0) is 13.0 Å². The van der Waals surface area contributed by atoms with Crippen LogP contribution in [0.1, 0.15) is 48.1 Å². The fourth-order valence-corrected chi connectivity index (χ4v) is 2.33. The van der Waals surface area contributed by atoms with Crippen molar-refractivity contribution in [1.82, 2.24) is 4.90 Å². The lowest BCUT2D eigenvalue weighted by molar-refractivity contribution is -0.0000191. The van der Waals surface area contributed by atoms with Gasteiger partial charge in [0.2, 0.25) is 5.76 Å². The summed E-state index contributed by atoms with van der Waals surface area (Å²) < 4.78 is 5.40. The molecule has 0 unspecified atom stereocenters. The molecule has 0 atom stereocenters. The molecule has 1 saturated heterocycles. The summed E-state index contributed by atoms with van der Waals surface area (Å²) in [5, 5.41) is 8.94. The molecule has 0 amide bonds. The van der Waals surface area contributed by atoms with E-state index in [0.29, 0.717) is 0 Å². The van der Waals surface area contributed by atoms with Crippen LogP contribution in [0.15, 0.2) is 10.5 Å². The van der Waals surface area contributed by atoms with Crippen LogP contribution in [0.25, 0.3) is 0 Å². The summed E-state index contributed by atoms with van der Waals surface area (Å²) in [5.74, 6) is -0.0607. The number of halogens is 1. The highest BCUT2D eigenvalue weighted by Crippen LogP contribution is 2.21. The maximum Gasteiger partial charge on any atom is 0.371 e. The van der Waals surface area contributed by atoms with Crippen LogP contribution in [0.2, 0.25) is 0 Å². The van der Waals surface area contributed by atoms with Crippen LogP contribution >= 0.6 is 0 Å². The lowest BCUT2D eigenvalue weighted by Gasteiger charge is -2.13. The summed E-state index contributed by atoms with van der Waals surface area (Å²) in [6.45, 7) is 5.12. The maximum absolute atomic E-state index is 10.9. The van der Waals surface area contributed by atoms with E-state index in [9.17, 15) is 4.79 Å². The van der Waals surface area contributed by atoms with Crippen LogP contribution in [-0.4, -0.2) is 29.1 Å². The summed E-state index contributed by atoms with van der Waals surface area (Å²) in [4.78, 5) is 13.3. The largest absolute Gasteiger partial charge is 1.00 e. The van der Waals surface area contributed by atoms with E-state index in [0.717, 1.165) is 43.8 Å². The van der Waals surface area contributed by atoms with Gasteiger partial charge in [-0.3, -0.25) is 4.90 Å². The highest BCUT2D eigenvalue weighted by molar-refractivity contribution is 5.84. The number of hydrogen-bond acceptors (Lipinski definition) is 3. The predicted molar refractivity (Wildman–Crippen MR) is 64.2 cm³/mol. The molecule has 1 aromatic rings. The summed E-state index contributed by atoms with van der Waals surface area (Å²) in [6.07, 6.45) is 4.27. The Morgan fingerprint density at radius 3 is 2.67 bits per heavy atom. The highest BCUT2D eigenvalue weighted by atomic mass is 35.5. The standard InChI is InChI=1S/C13H19NO3.ClH/c1-2-5-11-10(8-12(17-11)13(15)16)9-14-6-3-4-7-14;/h8H,2-7,9H2,1H3,(H,15,16);1H/p-1. The minimum Gasteiger partial charge on any atom is -1.00 e. The maximum atomic E-state index is 10.9. The average Bonchev–Trinajstić information content (AvgIpc) is 2.90. The van der Waals surface area contributed by atoms with E-state index in [1.165, 1.54) is 12.8 Å². The smallest absolute Gasteiger partial charge is 0.371 e.